The van der Waals surface area contributed by atoms with E-state index >= 15 is 0 Å². The maximum Gasteiger partial charge on any atom is 0.341 e. The average molecular weight is 1670 g/mol. The van der Waals surface area contributed by atoms with Crippen molar-refractivity contribution in [3.8, 4) is 0 Å². The molecule has 122 heavy (non-hydrogen) atoms. The second-order valence-electron chi connectivity index (χ2n) is 47.2. The molecule has 2 amide bonds. The molecule has 0 radical (unpaired) electrons. The minimum absolute atomic E-state index is 0.00182. The Labute approximate surface area is 725 Å². The molecular weight excluding hydrogens is 1530 g/mol. The molecule has 20 nitrogen and oxygen atoms in total. The first-order chi connectivity index (χ1) is 56.2. The largest absolute Gasteiger partial charge is 0.385 e. The van der Waals surface area contributed by atoms with Crippen LogP contribution in [0, 0.1) is 170 Å². The lowest BCUT2D eigenvalue weighted by atomic mass is 9.34. The first kappa shape index (κ1) is 91.8. The van der Waals surface area contributed by atoms with Crippen LogP contribution in [0.2, 0.25) is 0 Å². The Kier molecular flexibility index (Phi) is 22.3. The van der Waals surface area contributed by atoms with Crippen molar-refractivity contribution >= 4 is 69.9 Å². The highest BCUT2D eigenvalue weighted by atomic mass is 16.7. The van der Waals surface area contributed by atoms with Gasteiger partial charge in [0.1, 0.15) is 12.4 Å². The summed E-state index contributed by atoms with van der Waals surface area (Å²) in [5.41, 5.74) is 1.66. The monoisotopic (exact) mass is 1670 g/mol. The summed E-state index contributed by atoms with van der Waals surface area (Å²) >= 11 is 0. The fraction of sp³-hybridized carbons (Fsp3) is 0.735. The van der Waals surface area contributed by atoms with Crippen LogP contribution < -0.4 is 16.4 Å². The molecule has 0 unspecified atom stereocenters. The number of hydrogen-bond acceptors (Lipinski definition) is 14. The number of nitrogens with zero attached hydrogens (tertiary/aromatic N) is 4. The third-order valence-electron chi connectivity index (χ3n) is 38.5. The maximum absolute atomic E-state index is 14.6. The third kappa shape index (κ3) is 13.1. The fourth-order valence-corrected chi connectivity index (χ4v) is 31.2. The molecule has 15 aliphatic carbocycles. The summed E-state index contributed by atoms with van der Waals surface area (Å²) in [5, 5.41) is 9.33. The van der Waals surface area contributed by atoms with Crippen molar-refractivity contribution in [3.63, 3.8) is 0 Å². The van der Waals surface area contributed by atoms with E-state index in [1.807, 2.05) is 78.0 Å². The van der Waals surface area contributed by atoms with E-state index < -0.39 is 48.7 Å². The van der Waals surface area contributed by atoms with Crippen molar-refractivity contribution in [2.45, 2.75) is 294 Å². The number of Topliss-reactive ketones (excluding diaryl/α,β-unsaturated/α-hetero) is 5. The number of rotatable bonds is 10. The molecule has 15 rings (SSSR count). The van der Waals surface area contributed by atoms with Gasteiger partial charge >= 0.3 is 5.97 Å². The molecule has 0 aromatic carbocycles. The predicted molar refractivity (Wildman–Crippen MR) is 467 cm³/mol. The van der Waals surface area contributed by atoms with E-state index in [1.165, 1.54) is 14.0 Å². The zero-order valence-corrected chi connectivity index (χ0v) is 77.8. The van der Waals surface area contributed by atoms with Crippen LogP contribution >= 0.6 is 0 Å². The summed E-state index contributed by atoms with van der Waals surface area (Å²) in [7, 11) is 1.46. The van der Waals surface area contributed by atoms with E-state index in [9.17, 15) is 52.7 Å². The molecule has 0 bridgehead atoms. The van der Waals surface area contributed by atoms with Gasteiger partial charge in [-0.3, -0.25) is 33.6 Å². The Morgan fingerprint density at radius 3 is 1.01 bits per heavy atom. The zero-order chi connectivity index (χ0) is 90.5. The van der Waals surface area contributed by atoms with Gasteiger partial charge in [0.25, 0.3) is 0 Å². The number of ketones is 8. The average Bonchev–Trinajstić information content (AvgIpc) is 0.677. The highest BCUT2D eigenvalue weighted by molar-refractivity contribution is 6.06. The number of hydrogen-bond donors (Lipinski definition) is 3. The van der Waals surface area contributed by atoms with E-state index in [4.69, 9.17) is 35.0 Å². The van der Waals surface area contributed by atoms with Crippen molar-refractivity contribution < 1.29 is 62.3 Å². The number of nitrogens with one attached hydrogen (secondary N) is 2. The minimum Gasteiger partial charge on any atom is -0.385 e. The number of nitrogens with two attached hydrogens (primary N) is 1. The van der Waals surface area contributed by atoms with Gasteiger partial charge in [0, 0.05) is 75.1 Å². The standard InChI is InChI=1S/C35H48N2O5.C34H46N2O4.C33H45N3O4/c1-30(2)12-14-35(26(39)19-37-27(40)20-42-9)15-13-34(7)28(21(35)17-30)23(38)16-25-32(5)18-22(36-8)29(41)31(3,4)24(32)10-11-33(25,34)6;1-20(37)36-19-26(39)34-14-12-29(2,3)17-21(34)27-23(38)16-25-31(6)18-22(35-9)28(40)30(4,5)24(31)10-11-32(25,7)33(27,8)13-15-34;1-19(34)36-40-27(39)33-14-12-28(2,3)17-20(33)25-22(37)16-24-30(6)18-21(35-9)26(38)29(4,5)23(30)10-11-31(24,7)32(25,8)13-15-33/h16,18,21,24,28H,10-15,17,19-20H2,1-7,9H3,(H,37,40);16,18,21,24,27H,10-15,17,19H2,1-8H3,(H,36,37);16,18,20,23,25H,10-15,17H2,1-8H3,(H2,34,36)/t21-,24-,28-,32-,33+,34+,35-;21-,24-,27-,31-,32+,33+,34-;20-,23-,25-,30-,31+,32+,33-/m000/s1. The number of oxime groups is 1. The molecule has 0 aliphatic heterocycles. The van der Waals surface area contributed by atoms with Crippen LogP contribution in [0.3, 0.4) is 0 Å². The molecule has 9 saturated carbocycles. The van der Waals surface area contributed by atoms with Crippen molar-refractivity contribution in [3.05, 3.63) is 105 Å². The summed E-state index contributed by atoms with van der Waals surface area (Å²) in [6, 6.07) is 0. The molecular formula is C102H139N7O13. The van der Waals surface area contributed by atoms with Gasteiger partial charge in [0.15, 0.2) is 46.3 Å². The highest BCUT2D eigenvalue weighted by Gasteiger charge is 2.76. The van der Waals surface area contributed by atoms with Crippen LogP contribution in [0.5, 0.6) is 0 Å². The first-order valence-electron chi connectivity index (χ1n) is 45.6. The molecule has 660 valence electrons. The van der Waals surface area contributed by atoms with E-state index in [2.05, 4.69) is 134 Å². The molecule has 0 spiro atoms. The number of ether oxygens (including phenoxy) is 1. The van der Waals surface area contributed by atoms with Crippen LogP contribution in [0.15, 0.2) is 75.4 Å². The van der Waals surface area contributed by atoms with E-state index in [1.54, 1.807) is 6.92 Å². The number of amides is 2. The lowest BCUT2D eigenvalue weighted by Crippen LogP contribution is -2.66. The Morgan fingerprint density at radius 1 is 0.426 bits per heavy atom. The summed E-state index contributed by atoms with van der Waals surface area (Å²) in [5.74, 6) is -1.85. The molecule has 21 atom stereocenters. The molecule has 0 heterocycles. The summed E-state index contributed by atoms with van der Waals surface area (Å²) in [4.78, 5) is 165. The molecule has 20 heteroatoms. The van der Waals surface area contributed by atoms with E-state index in [0.29, 0.717) is 19.3 Å². The van der Waals surface area contributed by atoms with E-state index in [-0.39, 0.29) is 209 Å². The van der Waals surface area contributed by atoms with Crippen molar-refractivity contribution in [2.75, 3.05) is 26.8 Å². The van der Waals surface area contributed by atoms with Gasteiger partial charge in [-0.15, -0.1) is 0 Å². The first-order valence-corrected chi connectivity index (χ1v) is 45.6. The number of amidine groups is 1. The van der Waals surface area contributed by atoms with Gasteiger partial charge in [-0.25, -0.2) is 19.3 Å². The van der Waals surface area contributed by atoms with Crippen molar-refractivity contribution in [1.82, 2.24) is 10.6 Å². The SMILES string of the molecule is [C-]#[N+]C1=C[C@]2(C)C3=CC(=O)[C@@H]4[C@@H]5CC(C)(C)CC[C@]5(C(=O)CNC(=O)COC)CC[C@@]4(C)[C@]3(C)CC[C@H]2C(C)(C)C1=O.[C-]#[N+]C1=C[C@]2(C)C3=CC(=O)[C@@H]4[C@@H]5CC(C)(C)CC[C@]5(C(=O)CNC(C)=O)CC[C@@]4(C)[C@]3(C)CC[C@H]2C(C)(C)C1=O.[C-]#[N+]C1=C[C@]2(C)C3=CC(=O)[C@@H]4[C@@H]5CC(C)(C)CC[C@]5(C(=O)ON=C(C)N)CC[C@@]4(C)[C@]3(C)CC[C@H]2C(C)(C)C1=O. The Balaban J connectivity index is 0.000000158. The lowest BCUT2D eigenvalue weighted by molar-refractivity contribution is -0.193. The van der Waals surface area contributed by atoms with Gasteiger partial charge in [-0.05, 0) is 244 Å². The normalized spacial score (nSPS) is 42.7. The zero-order valence-electron chi connectivity index (χ0n) is 77.8. The lowest BCUT2D eigenvalue weighted by Gasteiger charge is -2.69. The van der Waals surface area contributed by atoms with Crippen LogP contribution in [-0.4, -0.2) is 96.7 Å². The van der Waals surface area contributed by atoms with Crippen LogP contribution in [0.1, 0.15) is 294 Å². The molecule has 0 aromatic heterocycles. The third-order valence-corrected chi connectivity index (χ3v) is 38.5. The molecule has 0 saturated heterocycles. The predicted octanol–water partition coefficient (Wildman–Crippen LogP) is 18.5. The Hall–Kier alpha value is -7.89. The summed E-state index contributed by atoms with van der Waals surface area (Å²) in [6.45, 7) is 71.6. The number of fused-ring (bicyclic) bond motifs is 21. The molecule has 0 aromatic rings. The smallest absolute Gasteiger partial charge is 0.341 e. The molecule has 4 N–H and O–H groups in total. The van der Waals surface area contributed by atoms with E-state index in [0.717, 1.165) is 132 Å². The van der Waals surface area contributed by atoms with Gasteiger partial charge in [-0.1, -0.05) is 186 Å². The Morgan fingerprint density at radius 2 is 0.713 bits per heavy atom. The van der Waals surface area contributed by atoms with Crippen molar-refractivity contribution in [2.24, 2.45) is 162 Å². The Bertz CT molecular complexity index is 4950. The van der Waals surface area contributed by atoms with Crippen molar-refractivity contribution in [1.29, 1.82) is 0 Å². The fourth-order valence-electron chi connectivity index (χ4n) is 31.2. The second kappa shape index (κ2) is 29.6. The summed E-state index contributed by atoms with van der Waals surface area (Å²) in [6.07, 6.45) is 27.9. The van der Waals surface area contributed by atoms with Gasteiger partial charge in [0.05, 0.1) is 38.2 Å². The number of carbonyl (C=O) groups is 11. The van der Waals surface area contributed by atoms with Gasteiger partial charge in [0.2, 0.25) is 28.9 Å². The van der Waals surface area contributed by atoms with Gasteiger partial charge in [-0.2, -0.15) is 0 Å². The van der Waals surface area contributed by atoms with Gasteiger partial charge < -0.3 is 40.3 Å². The van der Waals surface area contributed by atoms with Crippen LogP contribution in [0.25, 0.3) is 14.5 Å². The highest BCUT2D eigenvalue weighted by Crippen LogP contribution is 2.80. The minimum atomic E-state index is -0.770. The molecule has 9 fully saturated rings. The maximum atomic E-state index is 14.6. The summed E-state index contributed by atoms with van der Waals surface area (Å²) < 4.78 is 4.94. The topological polar surface area (TPSA) is 282 Å². The molecule has 15 aliphatic rings. The number of carbonyl (C=O) groups excluding carboxylic acids is 11. The quantitative estimate of drug-likeness (QED) is 0.0603. The van der Waals surface area contributed by atoms with Crippen LogP contribution in [-0.2, 0) is 62.3 Å². The second-order valence-corrected chi connectivity index (χ2v) is 47.2. The number of methoxy groups -OCH3 is 1. The number of allylic oxidation sites excluding steroid dienone is 12. The van der Waals surface area contributed by atoms with Crippen LogP contribution in [0.4, 0.5) is 0 Å².